The maximum Gasteiger partial charge on any atom is 0.422 e. The van der Waals surface area contributed by atoms with Crippen molar-refractivity contribution in [2.45, 2.75) is 6.92 Å². The molecule has 24 heavy (non-hydrogen) atoms. The molecule has 1 aromatic heterocycles. The largest absolute Gasteiger partial charge is 0.457 e. The van der Waals surface area contributed by atoms with Crippen molar-refractivity contribution in [1.82, 2.24) is 4.98 Å². The Balaban J connectivity index is 2.23. The molecule has 0 unspecified atom stereocenters. The highest BCUT2D eigenvalue weighted by Crippen LogP contribution is 2.29. The topological polar surface area (TPSA) is 75.6 Å². The predicted molar refractivity (Wildman–Crippen MR) is 91.5 cm³/mol. The Labute approximate surface area is 139 Å². The van der Waals surface area contributed by atoms with E-state index in [4.69, 9.17) is 4.74 Å². The van der Waals surface area contributed by atoms with E-state index in [1.165, 1.54) is 0 Å². The lowest BCUT2D eigenvalue weighted by molar-refractivity contribution is -0.139. The lowest BCUT2D eigenvalue weighted by atomic mass is 9.97. The summed E-state index contributed by atoms with van der Waals surface area (Å²) in [5, 5.41) is 1.99. The number of hydrogen-bond donors (Lipinski definition) is 0. The first-order valence-corrected chi connectivity index (χ1v) is 7.59. The van der Waals surface area contributed by atoms with Crippen LogP contribution >= 0.6 is 0 Å². The molecule has 3 aromatic rings. The molecule has 0 aliphatic heterocycles. The van der Waals surface area contributed by atoms with Gasteiger partial charge >= 0.3 is 11.7 Å². The summed E-state index contributed by atoms with van der Waals surface area (Å²) in [5.41, 5.74) is 11.1. The summed E-state index contributed by atoms with van der Waals surface area (Å²) >= 11 is 0. The number of esters is 1. The molecule has 0 aliphatic rings. The van der Waals surface area contributed by atoms with Gasteiger partial charge in [0.25, 0.3) is 0 Å². The summed E-state index contributed by atoms with van der Waals surface area (Å²) in [6.45, 7) is 1.90. The van der Waals surface area contributed by atoms with Crippen molar-refractivity contribution in [1.29, 1.82) is 0 Å². The number of carbonyl (C=O) groups is 1. The molecular formula is C19H15N3O2. The average Bonchev–Trinajstić information content (AvgIpc) is 2.63. The molecule has 0 atom stereocenters. The molecule has 3 rings (SSSR count). The van der Waals surface area contributed by atoms with Crippen LogP contribution in [-0.2, 0) is 9.53 Å². The van der Waals surface area contributed by atoms with Crippen LogP contribution in [0.15, 0.2) is 60.8 Å². The van der Waals surface area contributed by atoms with Crippen LogP contribution in [0.1, 0.15) is 12.5 Å². The Morgan fingerprint density at radius 1 is 1.12 bits per heavy atom. The van der Waals surface area contributed by atoms with E-state index in [1.54, 1.807) is 25.3 Å². The highest BCUT2D eigenvalue weighted by atomic mass is 16.5. The number of ether oxygens (including phenoxy) is 1. The summed E-state index contributed by atoms with van der Waals surface area (Å²) in [6.07, 6.45) is 1.72. The predicted octanol–water partition coefficient (Wildman–Crippen LogP) is 3.48. The lowest BCUT2D eigenvalue weighted by Crippen LogP contribution is -2.20. The van der Waals surface area contributed by atoms with Gasteiger partial charge in [-0.25, -0.2) is 4.79 Å². The van der Waals surface area contributed by atoms with Gasteiger partial charge in [0.15, 0.2) is 0 Å². The van der Waals surface area contributed by atoms with Crippen LogP contribution in [0, 0.1) is 0 Å². The van der Waals surface area contributed by atoms with Gasteiger partial charge in [0, 0.05) is 17.1 Å². The zero-order chi connectivity index (χ0) is 16.9. The second-order valence-electron chi connectivity index (χ2n) is 5.10. The van der Waals surface area contributed by atoms with E-state index in [1.807, 2.05) is 42.5 Å². The molecule has 0 N–H and O–H groups in total. The summed E-state index contributed by atoms with van der Waals surface area (Å²) in [6, 6.07) is 17.0. The van der Waals surface area contributed by atoms with Crippen LogP contribution in [0.25, 0.3) is 27.6 Å². The molecule has 0 saturated heterocycles. The molecular weight excluding hydrogens is 302 g/mol. The molecule has 1 heterocycles. The van der Waals surface area contributed by atoms with Crippen molar-refractivity contribution >= 4 is 22.5 Å². The molecule has 5 heteroatoms. The summed E-state index contributed by atoms with van der Waals surface area (Å²) in [5.74, 6) is -0.673. The Bertz CT molecular complexity index is 954. The number of nitrogens with zero attached hydrogens (tertiary/aromatic N) is 3. The second kappa shape index (κ2) is 6.86. The van der Waals surface area contributed by atoms with Crippen molar-refractivity contribution in [3.8, 4) is 11.3 Å². The average molecular weight is 317 g/mol. The zero-order valence-corrected chi connectivity index (χ0v) is 13.1. The molecule has 0 aliphatic carbocycles. The first kappa shape index (κ1) is 15.6. The number of hydrogen-bond acceptors (Lipinski definition) is 3. The standard InChI is InChI=1S/C19H15N3O2/c1-2-24-19(23)18(22-20)16-10-6-5-9-15(16)17-14-8-4-3-7-13(14)11-12-21-17/h3-12H,2H2,1H3. The van der Waals surface area contributed by atoms with Gasteiger partial charge in [0.2, 0.25) is 0 Å². The van der Waals surface area contributed by atoms with Crippen LogP contribution in [0.3, 0.4) is 0 Å². The van der Waals surface area contributed by atoms with Crippen molar-refractivity contribution in [2.75, 3.05) is 6.61 Å². The number of benzene rings is 2. The van der Waals surface area contributed by atoms with E-state index < -0.39 is 5.97 Å². The third-order valence-electron chi connectivity index (χ3n) is 3.68. The first-order chi connectivity index (χ1) is 11.8. The number of aromatic nitrogens is 1. The SMILES string of the molecule is CCOC(=O)C(=[N+]=[N-])c1ccccc1-c1nccc2ccccc12. The highest BCUT2D eigenvalue weighted by Gasteiger charge is 2.28. The summed E-state index contributed by atoms with van der Waals surface area (Å²) in [7, 11) is 0. The number of fused-ring (bicyclic) bond motifs is 1. The van der Waals surface area contributed by atoms with Crippen molar-refractivity contribution < 1.29 is 14.3 Å². The van der Waals surface area contributed by atoms with E-state index >= 15 is 0 Å². The number of pyridine rings is 1. The molecule has 0 saturated carbocycles. The monoisotopic (exact) mass is 317 g/mol. The quantitative estimate of drug-likeness (QED) is 0.320. The maximum absolute atomic E-state index is 12.1. The van der Waals surface area contributed by atoms with Gasteiger partial charge in [-0.3, -0.25) is 4.98 Å². The molecule has 0 amide bonds. The van der Waals surface area contributed by atoms with Crippen LogP contribution < -0.4 is 0 Å². The van der Waals surface area contributed by atoms with E-state index in [-0.39, 0.29) is 12.3 Å². The van der Waals surface area contributed by atoms with E-state index in [0.29, 0.717) is 16.8 Å². The van der Waals surface area contributed by atoms with E-state index in [0.717, 1.165) is 10.8 Å². The smallest absolute Gasteiger partial charge is 0.422 e. The zero-order valence-electron chi connectivity index (χ0n) is 13.1. The molecule has 2 aromatic carbocycles. The van der Waals surface area contributed by atoms with Crippen molar-refractivity contribution in [3.05, 3.63) is 71.9 Å². The minimum atomic E-state index is -0.673. The number of rotatable bonds is 4. The molecule has 118 valence electrons. The van der Waals surface area contributed by atoms with Gasteiger partial charge in [-0.2, -0.15) is 4.79 Å². The summed E-state index contributed by atoms with van der Waals surface area (Å²) < 4.78 is 4.98. The molecule has 5 nitrogen and oxygen atoms in total. The van der Waals surface area contributed by atoms with Crippen molar-refractivity contribution in [2.24, 2.45) is 0 Å². The van der Waals surface area contributed by atoms with Crippen LogP contribution in [-0.4, -0.2) is 28.1 Å². The fourth-order valence-electron chi connectivity index (χ4n) is 2.63. The van der Waals surface area contributed by atoms with Gasteiger partial charge in [0.1, 0.15) is 0 Å². The van der Waals surface area contributed by atoms with Gasteiger partial charge in [-0.1, -0.05) is 42.5 Å². The van der Waals surface area contributed by atoms with Gasteiger partial charge in [-0.15, -0.1) is 0 Å². The Kier molecular flexibility index (Phi) is 4.45. The third-order valence-corrected chi connectivity index (χ3v) is 3.68. The Morgan fingerprint density at radius 2 is 1.88 bits per heavy atom. The summed E-state index contributed by atoms with van der Waals surface area (Å²) in [4.78, 5) is 19.7. The lowest BCUT2D eigenvalue weighted by Gasteiger charge is -2.08. The maximum atomic E-state index is 12.1. The van der Waals surface area contributed by atoms with Gasteiger partial charge in [-0.05, 0) is 24.4 Å². The third kappa shape index (κ3) is 2.81. The highest BCUT2D eigenvalue weighted by molar-refractivity contribution is 6.42. The number of carbonyl (C=O) groups excluding carboxylic acids is 1. The van der Waals surface area contributed by atoms with E-state index in [9.17, 15) is 10.3 Å². The fourth-order valence-corrected chi connectivity index (χ4v) is 2.63. The normalized spacial score (nSPS) is 10.2. The minimum absolute atomic E-state index is 0.137. The van der Waals surface area contributed by atoms with Crippen LogP contribution in [0.2, 0.25) is 0 Å². The minimum Gasteiger partial charge on any atom is -0.457 e. The first-order valence-electron chi connectivity index (χ1n) is 7.59. The molecule has 0 radical (unpaired) electrons. The van der Waals surface area contributed by atoms with Crippen LogP contribution in [0.5, 0.6) is 0 Å². The Morgan fingerprint density at radius 3 is 2.67 bits per heavy atom. The van der Waals surface area contributed by atoms with Crippen molar-refractivity contribution in [3.63, 3.8) is 0 Å². The molecule has 0 bridgehead atoms. The van der Waals surface area contributed by atoms with Crippen LogP contribution in [0.4, 0.5) is 0 Å². The molecule has 0 spiro atoms. The fraction of sp³-hybridized carbons (Fsp3) is 0.105. The van der Waals surface area contributed by atoms with Gasteiger partial charge in [0.05, 0.1) is 17.9 Å². The Hall–Kier alpha value is -3.30. The van der Waals surface area contributed by atoms with Gasteiger partial charge < -0.3 is 10.3 Å². The molecule has 0 fully saturated rings. The van der Waals surface area contributed by atoms with E-state index in [2.05, 4.69) is 9.77 Å². The second-order valence-corrected chi connectivity index (χ2v) is 5.10.